The fraction of sp³-hybridized carbons (Fsp3) is 0.636. The fourth-order valence-electron chi connectivity index (χ4n) is 4.30. The van der Waals surface area contributed by atoms with Crippen LogP contribution in [0.2, 0.25) is 0 Å². The lowest BCUT2D eigenvalue weighted by atomic mass is 9.93. The van der Waals surface area contributed by atoms with Crippen molar-refractivity contribution in [3.05, 3.63) is 30.1 Å². The molecular formula is C22H33N5O3. The van der Waals surface area contributed by atoms with Crippen LogP contribution in [0.4, 0.5) is 0 Å². The molecule has 0 saturated carbocycles. The molecule has 164 valence electrons. The average Bonchev–Trinajstić information content (AvgIpc) is 2.77. The van der Waals surface area contributed by atoms with E-state index in [1.54, 1.807) is 23.9 Å². The third-order valence-electron chi connectivity index (χ3n) is 6.18. The molecule has 0 bridgehead atoms. The molecule has 3 amide bonds. The van der Waals surface area contributed by atoms with Gasteiger partial charge in [-0.25, -0.2) is 0 Å². The van der Waals surface area contributed by atoms with Crippen LogP contribution >= 0.6 is 0 Å². The van der Waals surface area contributed by atoms with E-state index in [4.69, 9.17) is 0 Å². The Hall–Kier alpha value is -2.48. The highest BCUT2D eigenvalue weighted by molar-refractivity contribution is 5.89. The van der Waals surface area contributed by atoms with E-state index in [1.165, 1.54) is 11.8 Å². The monoisotopic (exact) mass is 415 g/mol. The first-order chi connectivity index (χ1) is 14.4. The Labute approximate surface area is 178 Å². The molecule has 0 spiro atoms. The summed E-state index contributed by atoms with van der Waals surface area (Å²) in [5.74, 6) is -0.179. The maximum Gasteiger partial charge on any atom is 0.246 e. The zero-order valence-electron chi connectivity index (χ0n) is 18.3. The van der Waals surface area contributed by atoms with Gasteiger partial charge in [-0.1, -0.05) is 6.07 Å². The van der Waals surface area contributed by atoms with E-state index in [-0.39, 0.29) is 30.2 Å². The third kappa shape index (κ3) is 5.36. The van der Waals surface area contributed by atoms with Crippen LogP contribution in [0.5, 0.6) is 0 Å². The summed E-state index contributed by atoms with van der Waals surface area (Å²) < 4.78 is 0. The minimum atomic E-state index is -0.590. The summed E-state index contributed by atoms with van der Waals surface area (Å²) in [6.07, 6.45) is 4.33. The maximum atomic E-state index is 13.3. The Kier molecular flexibility index (Phi) is 7.42. The first kappa shape index (κ1) is 22.2. The van der Waals surface area contributed by atoms with Crippen LogP contribution in [-0.4, -0.2) is 102 Å². The second-order valence-electron chi connectivity index (χ2n) is 8.43. The SMILES string of the molecule is CC(=O)N1CCN(C(=O)C2CCN(CCc3ccccn3)CC2)C(C(=O)N(C)C)C1. The van der Waals surface area contributed by atoms with E-state index in [2.05, 4.69) is 9.88 Å². The van der Waals surface area contributed by atoms with Gasteiger partial charge in [-0.2, -0.15) is 0 Å². The van der Waals surface area contributed by atoms with Gasteiger partial charge in [0.15, 0.2) is 0 Å². The topological polar surface area (TPSA) is 77.1 Å². The largest absolute Gasteiger partial charge is 0.347 e. The number of hydrogen-bond donors (Lipinski definition) is 0. The lowest BCUT2D eigenvalue weighted by Gasteiger charge is -2.43. The normalized spacial score (nSPS) is 20.8. The number of amides is 3. The van der Waals surface area contributed by atoms with Crippen molar-refractivity contribution >= 4 is 17.7 Å². The number of pyridine rings is 1. The molecule has 0 aromatic carbocycles. The van der Waals surface area contributed by atoms with E-state index in [0.717, 1.165) is 44.6 Å². The Morgan fingerprint density at radius 3 is 2.43 bits per heavy atom. The number of carbonyl (C=O) groups is 3. The van der Waals surface area contributed by atoms with Gasteiger partial charge in [-0.15, -0.1) is 0 Å². The van der Waals surface area contributed by atoms with Crippen LogP contribution < -0.4 is 0 Å². The van der Waals surface area contributed by atoms with Crippen molar-refractivity contribution in [2.24, 2.45) is 5.92 Å². The molecule has 30 heavy (non-hydrogen) atoms. The summed E-state index contributed by atoms with van der Waals surface area (Å²) in [4.78, 5) is 49.4. The van der Waals surface area contributed by atoms with Crippen molar-refractivity contribution in [1.82, 2.24) is 24.6 Å². The zero-order chi connectivity index (χ0) is 21.7. The number of likely N-dealkylation sites (N-methyl/N-ethyl adjacent to an activating group) is 1. The van der Waals surface area contributed by atoms with Crippen LogP contribution in [0.15, 0.2) is 24.4 Å². The summed E-state index contributed by atoms with van der Waals surface area (Å²) in [6, 6.07) is 5.38. The maximum absolute atomic E-state index is 13.3. The molecule has 2 aliphatic heterocycles. The molecule has 0 radical (unpaired) electrons. The van der Waals surface area contributed by atoms with Crippen LogP contribution in [0, 0.1) is 5.92 Å². The number of piperazine rings is 1. The summed E-state index contributed by atoms with van der Waals surface area (Å²) >= 11 is 0. The van der Waals surface area contributed by atoms with Gasteiger partial charge in [0.2, 0.25) is 17.7 Å². The van der Waals surface area contributed by atoms with Gasteiger partial charge < -0.3 is 19.6 Å². The molecule has 2 fully saturated rings. The Bertz CT molecular complexity index is 746. The Morgan fingerprint density at radius 1 is 1.10 bits per heavy atom. The zero-order valence-corrected chi connectivity index (χ0v) is 18.3. The number of nitrogens with zero attached hydrogens (tertiary/aromatic N) is 5. The molecular weight excluding hydrogens is 382 g/mol. The molecule has 1 aromatic rings. The van der Waals surface area contributed by atoms with Gasteiger partial charge in [0.1, 0.15) is 6.04 Å². The molecule has 3 heterocycles. The van der Waals surface area contributed by atoms with Crippen molar-refractivity contribution in [3.63, 3.8) is 0 Å². The number of carbonyl (C=O) groups excluding carboxylic acids is 3. The molecule has 0 N–H and O–H groups in total. The van der Waals surface area contributed by atoms with Crippen LogP contribution in [0.3, 0.4) is 0 Å². The van der Waals surface area contributed by atoms with Crippen molar-refractivity contribution < 1.29 is 14.4 Å². The van der Waals surface area contributed by atoms with Crippen LogP contribution in [-0.2, 0) is 20.8 Å². The number of rotatable bonds is 5. The van der Waals surface area contributed by atoms with Gasteiger partial charge in [-0.05, 0) is 38.1 Å². The number of aromatic nitrogens is 1. The minimum absolute atomic E-state index is 0.0557. The highest BCUT2D eigenvalue weighted by Crippen LogP contribution is 2.23. The van der Waals surface area contributed by atoms with Gasteiger partial charge in [0.05, 0.1) is 6.54 Å². The smallest absolute Gasteiger partial charge is 0.246 e. The van der Waals surface area contributed by atoms with Crippen LogP contribution in [0.25, 0.3) is 0 Å². The van der Waals surface area contributed by atoms with E-state index in [1.807, 2.05) is 24.4 Å². The minimum Gasteiger partial charge on any atom is -0.347 e. The first-order valence-electron chi connectivity index (χ1n) is 10.8. The fourth-order valence-corrected chi connectivity index (χ4v) is 4.30. The number of piperidine rings is 1. The highest BCUT2D eigenvalue weighted by Gasteiger charge is 2.39. The van der Waals surface area contributed by atoms with Crippen molar-refractivity contribution in [1.29, 1.82) is 0 Å². The average molecular weight is 416 g/mol. The van der Waals surface area contributed by atoms with Gasteiger partial charge in [-0.3, -0.25) is 19.4 Å². The molecule has 0 aliphatic carbocycles. The van der Waals surface area contributed by atoms with Crippen molar-refractivity contribution in [2.75, 3.05) is 53.4 Å². The molecule has 3 rings (SSSR count). The molecule has 1 aromatic heterocycles. The number of likely N-dealkylation sites (tertiary alicyclic amines) is 1. The molecule has 1 atom stereocenters. The van der Waals surface area contributed by atoms with E-state index in [0.29, 0.717) is 13.1 Å². The second-order valence-corrected chi connectivity index (χ2v) is 8.43. The van der Waals surface area contributed by atoms with Gasteiger partial charge in [0.25, 0.3) is 0 Å². The summed E-state index contributed by atoms with van der Waals surface area (Å²) in [6.45, 7) is 5.39. The van der Waals surface area contributed by atoms with Gasteiger partial charge in [0, 0.05) is 64.9 Å². The highest BCUT2D eigenvalue weighted by atomic mass is 16.2. The first-order valence-corrected chi connectivity index (χ1v) is 10.8. The standard InChI is InChI=1S/C22H33N5O3/c1-17(28)26-14-15-27(20(16-26)22(30)24(2)3)21(29)18-7-11-25(12-8-18)13-9-19-6-4-5-10-23-19/h4-6,10,18,20H,7-9,11-16H2,1-3H3. The van der Waals surface area contributed by atoms with Crippen molar-refractivity contribution in [2.45, 2.75) is 32.2 Å². The Balaban J connectivity index is 1.56. The van der Waals surface area contributed by atoms with Gasteiger partial charge >= 0.3 is 0 Å². The molecule has 1 unspecified atom stereocenters. The summed E-state index contributed by atoms with van der Waals surface area (Å²) in [5, 5.41) is 0. The lowest BCUT2D eigenvalue weighted by molar-refractivity contribution is -0.154. The predicted octanol–water partition coefficient (Wildman–Crippen LogP) is 0.484. The van der Waals surface area contributed by atoms with E-state index < -0.39 is 6.04 Å². The molecule has 2 saturated heterocycles. The molecule has 8 nitrogen and oxygen atoms in total. The quantitative estimate of drug-likeness (QED) is 0.699. The molecule has 8 heteroatoms. The Morgan fingerprint density at radius 2 is 1.83 bits per heavy atom. The predicted molar refractivity (Wildman–Crippen MR) is 114 cm³/mol. The number of hydrogen-bond acceptors (Lipinski definition) is 5. The van der Waals surface area contributed by atoms with E-state index >= 15 is 0 Å². The summed E-state index contributed by atoms with van der Waals surface area (Å²) in [5.41, 5.74) is 1.09. The molecule has 2 aliphatic rings. The van der Waals surface area contributed by atoms with Crippen molar-refractivity contribution in [3.8, 4) is 0 Å². The summed E-state index contributed by atoms with van der Waals surface area (Å²) in [7, 11) is 3.38. The lowest BCUT2D eigenvalue weighted by Crippen LogP contribution is -2.62. The van der Waals surface area contributed by atoms with E-state index in [9.17, 15) is 14.4 Å². The second kappa shape index (κ2) is 10.0. The van der Waals surface area contributed by atoms with Crippen LogP contribution in [0.1, 0.15) is 25.5 Å². The third-order valence-corrected chi connectivity index (χ3v) is 6.18.